The minimum atomic E-state index is -2.53. The number of nitrogens with one attached hydrogen (secondary N) is 3. The van der Waals surface area contributed by atoms with Gasteiger partial charge in [-0.25, -0.2) is 0 Å². The van der Waals surface area contributed by atoms with E-state index in [1.165, 1.54) is 13.8 Å². The van der Waals surface area contributed by atoms with Gasteiger partial charge in [-0.15, -0.1) is 0 Å². The van der Waals surface area contributed by atoms with Gasteiger partial charge in [-0.3, -0.25) is 14.4 Å². The summed E-state index contributed by atoms with van der Waals surface area (Å²) in [5, 5.41) is 272. The van der Waals surface area contributed by atoms with Gasteiger partial charge < -0.3 is 219 Å². The van der Waals surface area contributed by atoms with Gasteiger partial charge in [0.05, 0.1) is 58.5 Å². The van der Waals surface area contributed by atoms with E-state index in [0.29, 0.717) is 0 Å². The molecule has 9 aliphatic heterocycles. The highest BCUT2D eigenvalue weighted by Gasteiger charge is 2.61. The summed E-state index contributed by atoms with van der Waals surface area (Å²) in [5.41, 5.74) is 0. The van der Waals surface area contributed by atoms with E-state index in [-0.39, 0.29) is 0 Å². The maximum Gasteiger partial charge on any atom is 0.217 e. The smallest absolute Gasteiger partial charge is 0.217 e. The Morgan fingerprint density at radius 3 is 1.04 bits per heavy atom. The van der Waals surface area contributed by atoms with Crippen LogP contribution >= 0.6 is 0 Å². The predicted molar refractivity (Wildman–Crippen MR) is 329 cm³/mol. The number of rotatable bonds is 26. The van der Waals surface area contributed by atoms with Crippen LogP contribution in [0.1, 0.15) is 34.6 Å². The molecule has 0 aromatic rings. The Hall–Kier alpha value is -3.23. The average molecular weight is 1570 g/mol. The van der Waals surface area contributed by atoms with Crippen molar-refractivity contribution in [3.63, 3.8) is 0 Å². The normalized spacial score (nSPS) is 50.7. The fourth-order valence-electron chi connectivity index (χ4n) is 13.8. The summed E-state index contributed by atoms with van der Waals surface area (Å²) in [6.45, 7) is -1.89. The molecule has 0 bridgehead atoms. The topological polar surface area (TPSA) is 730 Å². The molecule has 9 aliphatic rings. The fraction of sp³-hybridized carbons (Fsp3) is 0.950. The van der Waals surface area contributed by atoms with Crippen molar-refractivity contribution in [3.8, 4) is 0 Å². The van der Waals surface area contributed by atoms with E-state index in [9.17, 15) is 137 Å². The largest absolute Gasteiger partial charge is 0.394 e. The van der Waals surface area contributed by atoms with Crippen molar-refractivity contribution in [2.24, 2.45) is 0 Å². The van der Waals surface area contributed by atoms with Crippen molar-refractivity contribution in [2.45, 2.75) is 311 Å². The second-order valence-corrected chi connectivity index (χ2v) is 27.4. The predicted octanol–water partition coefficient (Wildman–Crippen LogP) is -18.1. The first-order valence-corrected chi connectivity index (χ1v) is 34.3. The van der Waals surface area contributed by atoms with E-state index >= 15 is 0 Å². The molecule has 9 saturated heterocycles. The van der Waals surface area contributed by atoms with Crippen molar-refractivity contribution in [2.75, 3.05) is 46.2 Å². The molecule has 47 heteroatoms. The summed E-state index contributed by atoms with van der Waals surface area (Å²) in [7, 11) is 0. The van der Waals surface area contributed by atoms with Crippen LogP contribution in [-0.2, 0) is 94.9 Å². The Morgan fingerprint density at radius 1 is 0.262 bits per heavy atom. The highest BCUT2D eigenvalue weighted by molar-refractivity contribution is 5.74. The average Bonchev–Trinajstić information content (AvgIpc) is 0.766. The second kappa shape index (κ2) is 37.8. The van der Waals surface area contributed by atoms with Crippen molar-refractivity contribution < 1.29 is 217 Å². The van der Waals surface area contributed by atoms with Crippen LogP contribution in [0.5, 0.6) is 0 Å². The lowest BCUT2D eigenvalue weighted by Crippen LogP contribution is -2.71. The van der Waals surface area contributed by atoms with E-state index in [1.807, 2.05) is 0 Å². The van der Waals surface area contributed by atoms with Gasteiger partial charge in [-0.2, -0.15) is 0 Å². The van der Waals surface area contributed by atoms with E-state index in [1.54, 1.807) is 0 Å². The molecule has 9 heterocycles. The summed E-state index contributed by atoms with van der Waals surface area (Å²) < 4.78 is 101. The molecule has 45 atom stereocenters. The summed E-state index contributed by atoms with van der Waals surface area (Å²) in [6.07, 6.45) is -84.0. The van der Waals surface area contributed by atoms with Crippen molar-refractivity contribution in [1.29, 1.82) is 0 Å². The van der Waals surface area contributed by atoms with Crippen LogP contribution in [0.3, 0.4) is 0 Å². The monoisotopic (exact) mass is 1570 g/mol. The Balaban J connectivity index is 1.04. The first-order chi connectivity index (χ1) is 50.5. The molecular weight excluding hydrogens is 1470 g/mol. The zero-order chi connectivity index (χ0) is 78.8. The molecule has 27 N–H and O–H groups in total. The molecule has 9 fully saturated rings. The van der Waals surface area contributed by atoms with Gasteiger partial charge in [0.2, 0.25) is 17.7 Å². The maximum atomic E-state index is 13.3. The number of carbonyl (C=O) groups excluding carboxylic acids is 3. The van der Waals surface area contributed by atoms with Gasteiger partial charge in [0.15, 0.2) is 56.6 Å². The van der Waals surface area contributed by atoms with Crippen LogP contribution in [-0.4, -0.2) is 463 Å². The van der Waals surface area contributed by atoms with Crippen LogP contribution in [0, 0.1) is 0 Å². The van der Waals surface area contributed by atoms with Crippen LogP contribution in [0.2, 0.25) is 0 Å². The van der Waals surface area contributed by atoms with Crippen LogP contribution in [0.15, 0.2) is 0 Å². The highest BCUT2D eigenvalue weighted by atomic mass is 16.8. The van der Waals surface area contributed by atoms with Gasteiger partial charge >= 0.3 is 0 Å². The number of aliphatic hydroxyl groups is 24. The maximum absolute atomic E-state index is 13.3. The Kier molecular flexibility index (Phi) is 31.0. The first kappa shape index (κ1) is 87.7. The van der Waals surface area contributed by atoms with Crippen molar-refractivity contribution in [1.82, 2.24) is 16.0 Å². The number of ether oxygens (including phenoxy) is 17. The third-order valence-corrected chi connectivity index (χ3v) is 19.9. The van der Waals surface area contributed by atoms with Crippen LogP contribution in [0.4, 0.5) is 0 Å². The third kappa shape index (κ3) is 19.3. The molecule has 9 rings (SSSR count). The number of amides is 3. The summed E-state index contributed by atoms with van der Waals surface area (Å²) in [5.74, 6) is -2.79. The lowest BCUT2D eigenvalue weighted by molar-refractivity contribution is -0.398. The number of hydrogen-bond acceptors (Lipinski definition) is 44. The van der Waals surface area contributed by atoms with Crippen molar-refractivity contribution in [3.05, 3.63) is 0 Å². The molecular formula is C60H101N3O44. The van der Waals surface area contributed by atoms with Crippen molar-refractivity contribution >= 4 is 17.7 Å². The first-order valence-electron chi connectivity index (χ1n) is 34.3. The zero-order valence-corrected chi connectivity index (χ0v) is 57.8. The second-order valence-electron chi connectivity index (χ2n) is 27.4. The highest BCUT2D eigenvalue weighted by Crippen LogP contribution is 2.40. The number of carbonyl (C=O) groups is 3. The molecule has 47 nitrogen and oxygen atoms in total. The lowest BCUT2D eigenvalue weighted by Gasteiger charge is -2.51. The molecule has 0 aliphatic carbocycles. The van der Waals surface area contributed by atoms with E-state index in [4.69, 9.17) is 80.5 Å². The summed E-state index contributed by atoms with van der Waals surface area (Å²) in [6, 6.07) is -5.75. The van der Waals surface area contributed by atoms with E-state index in [0.717, 1.165) is 20.8 Å². The molecule has 0 spiro atoms. The number of hydrogen-bond donors (Lipinski definition) is 27. The molecule has 3 amide bonds. The molecule has 620 valence electrons. The minimum Gasteiger partial charge on any atom is -0.394 e. The SMILES string of the molecule is CC(=O)N[C@H]1[C@H](O[C@H]2[C@H](O[C@@H]3O[C@@H](C)[C@@H](O)[C@@H](O)[C@@H]3O)[C@@H](NC(C)=O)C(O)O[C@@H]2CO[C@@H]2O[C@@H](C)[C@@H](O)[C@@H](O)[C@@H]2O)O[C@H](CO)[C@@H](O[C@@H]2O[C@H](CO[C@H]3O[C@H](CO)[C@@H](O)[C@H](O)[C@@H]3O)[C@@H](O)[C@H](O[C@H]3O[C@H](CO)[C@@H](O)[C@H](O)[C@@H]3O[C@@H]3O[C@H](CO)[C@@H](O[C@@H]4O[C@H](CO)[C@H](O)[C@H](O)[C@H]4O)[C@H](O)[C@H]3NC(C)=O)[C@@H]2O)[C@@H]1O. The van der Waals surface area contributed by atoms with Gasteiger partial charge in [-0.05, 0) is 13.8 Å². The summed E-state index contributed by atoms with van der Waals surface area (Å²) >= 11 is 0. The molecule has 0 saturated carbocycles. The molecule has 107 heavy (non-hydrogen) atoms. The lowest BCUT2D eigenvalue weighted by atomic mass is 9.93. The van der Waals surface area contributed by atoms with E-state index in [2.05, 4.69) is 16.0 Å². The Morgan fingerprint density at radius 2 is 0.579 bits per heavy atom. The van der Waals surface area contributed by atoms with Gasteiger partial charge in [0, 0.05) is 20.8 Å². The van der Waals surface area contributed by atoms with Crippen LogP contribution in [0.25, 0.3) is 0 Å². The standard InChI is InChI=1S/C60H101N3O44/c1-13-28(72)36(80)41(85)55(93-13)92-12-24-48(49(27(52(90)95-24)63-17(5)71)105-57-43(87)37(81)29(73)14(2)94-57)104-53-25(61-15(3)69)34(78)47(22(10-68)99-53)103-59-45(89)50(33(77)23(101-59)11-91-56-42(86)38(82)30(74)18(6-64)96-56)106-60-51(40(84)32(76)20(8-66)98-60)107-54-26(62-16(4)70)35(79)46(21(9-67)100-54)102-58-44(88)39(83)31(75)19(7-65)97-58/h13-14,18-60,64-68,72-90H,6-12H2,1-5H3,(H,61,69)(H,62,70)(H,63,71)/t13-,14-,18+,19+,20+,21+,22+,23+,24+,25+,26+,27+,28+,29+,30+,31-,32+,33+,34+,35+,36+,37+,38-,39-,40-,41-,42-,43-,44+,45-,46+,47+,48+,49+,50-,51-,52?,53-,54-,55+,56-,57-,58-,59-,60+/m0/s1. The summed E-state index contributed by atoms with van der Waals surface area (Å²) in [4.78, 5) is 39.1. The number of aliphatic hydroxyl groups excluding tert-OH is 24. The molecule has 1 unspecified atom stereocenters. The Bertz CT molecular complexity index is 2800. The van der Waals surface area contributed by atoms with Gasteiger partial charge in [-0.1, -0.05) is 0 Å². The van der Waals surface area contributed by atoms with Gasteiger partial charge in [0.1, 0.15) is 207 Å². The third-order valence-electron chi connectivity index (χ3n) is 19.9. The van der Waals surface area contributed by atoms with Gasteiger partial charge in [0.25, 0.3) is 0 Å². The molecule has 0 radical (unpaired) electrons. The quantitative estimate of drug-likeness (QED) is 0.0382. The zero-order valence-electron chi connectivity index (χ0n) is 57.8. The Labute approximate surface area is 606 Å². The van der Waals surface area contributed by atoms with Crippen LogP contribution < -0.4 is 16.0 Å². The minimum absolute atomic E-state index is 0.875. The molecule has 0 aromatic carbocycles. The van der Waals surface area contributed by atoms with E-state index < -0.39 is 340 Å². The fourth-order valence-corrected chi connectivity index (χ4v) is 13.8. The molecule has 0 aromatic heterocycles.